The van der Waals surface area contributed by atoms with Crippen molar-refractivity contribution in [1.29, 1.82) is 0 Å². The van der Waals surface area contributed by atoms with E-state index in [1.54, 1.807) is 0 Å². The predicted molar refractivity (Wildman–Crippen MR) is 171 cm³/mol. The quantitative estimate of drug-likeness (QED) is 0.107. The van der Waals surface area contributed by atoms with Crippen LogP contribution in [0.5, 0.6) is 11.5 Å². The van der Waals surface area contributed by atoms with E-state index < -0.39 is 0 Å². The van der Waals surface area contributed by atoms with Crippen molar-refractivity contribution in [2.24, 2.45) is 11.8 Å². The summed E-state index contributed by atoms with van der Waals surface area (Å²) in [7, 11) is 0. The SMILES string of the molecule is CCCCCc1ccc2c(OCC(=O)OCC3CCCCC3)c3ccccc3c(OCC(=O)OCC3CCCCC3)c2c1. The zero-order chi connectivity index (χ0) is 29.9. The summed E-state index contributed by atoms with van der Waals surface area (Å²) in [4.78, 5) is 25.5. The van der Waals surface area contributed by atoms with Gasteiger partial charge in [0.1, 0.15) is 11.5 Å². The Bertz CT molecular complexity index is 1350. The molecule has 43 heavy (non-hydrogen) atoms. The number of unbranched alkanes of at least 4 members (excludes halogenated alkanes) is 2. The van der Waals surface area contributed by atoms with E-state index in [1.165, 1.54) is 50.5 Å². The molecule has 0 heterocycles. The first-order valence-corrected chi connectivity index (χ1v) is 16.7. The summed E-state index contributed by atoms with van der Waals surface area (Å²) in [5, 5.41) is 3.40. The van der Waals surface area contributed by atoms with E-state index in [4.69, 9.17) is 18.9 Å². The van der Waals surface area contributed by atoms with Crippen LogP contribution in [0.25, 0.3) is 21.5 Å². The first-order chi connectivity index (χ1) is 21.1. The predicted octanol–water partition coefficient (Wildman–Crippen LogP) is 8.73. The van der Waals surface area contributed by atoms with Crippen molar-refractivity contribution < 1.29 is 28.5 Å². The van der Waals surface area contributed by atoms with Crippen LogP contribution in [0.2, 0.25) is 0 Å². The number of ether oxygens (including phenoxy) is 4. The van der Waals surface area contributed by atoms with Crippen LogP contribution in [0.15, 0.2) is 42.5 Å². The lowest BCUT2D eigenvalue weighted by Gasteiger charge is -2.22. The number of fused-ring (bicyclic) bond motifs is 2. The number of aryl methyl sites for hydroxylation is 1. The molecule has 0 aliphatic heterocycles. The van der Waals surface area contributed by atoms with Crippen molar-refractivity contribution in [2.75, 3.05) is 26.4 Å². The van der Waals surface area contributed by atoms with E-state index in [1.807, 2.05) is 24.3 Å². The largest absolute Gasteiger partial charge is 0.481 e. The molecular formula is C37H48O6. The van der Waals surface area contributed by atoms with Crippen molar-refractivity contribution >= 4 is 33.5 Å². The van der Waals surface area contributed by atoms with Gasteiger partial charge in [-0.2, -0.15) is 0 Å². The monoisotopic (exact) mass is 588 g/mol. The van der Waals surface area contributed by atoms with Gasteiger partial charge in [-0.1, -0.05) is 94.7 Å². The summed E-state index contributed by atoms with van der Waals surface area (Å²) in [6.07, 6.45) is 16.3. The van der Waals surface area contributed by atoms with Gasteiger partial charge < -0.3 is 18.9 Å². The van der Waals surface area contributed by atoms with Crippen LogP contribution >= 0.6 is 0 Å². The fraction of sp³-hybridized carbons (Fsp3) is 0.568. The zero-order valence-electron chi connectivity index (χ0n) is 25.9. The van der Waals surface area contributed by atoms with Gasteiger partial charge in [0.25, 0.3) is 0 Å². The molecule has 0 bridgehead atoms. The van der Waals surface area contributed by atoms with Gasteiger partial charge in [0.05, 0.1) is 13.2 Å². The molecule has 2 aliphatic carbocycles. The van der Waals surface area contributed by atoms with Gasteiger partial charge in [-0.25, -0.2) is 9.59 Å². The molecule has 2 fully saturated rings. The lowest BCUT2D eigenvalue weighted by molar-refractivity contribution is -0.148. The molecular weight excluding hydrogens is 540 g/mol. The average Bonchev–Trinajstić information content (AvgIpc) is 3.05. The van der Waals surface area contributed by atoms with Crippen molar-refractivity contribution in [1.82, 2.24) is 0 Å². The van der Waals surface area contributed by atoms with E-state index in [-0.39, 0.29) is 25.2 Å². The molecule has 0 N–H and O–H groups in total. The number of benzene rings is 3. The van der Waals surface area contributed by atoms with E-state index in [2.05, 4.69) is 25.1 Å². The van der Waals surface area contributed by atoms with Crippen molar-refractivity contribution in [3.63, 3.8) is 0 Å². The molecule has 2 aliphatic rings. The zero-order valence-corrected chi connectivity index (χ0v) is 25.9. The normalized spacial score (nSPS) is 16.3. The van der Waals surface area contributed by atoms with Crippen molar-refractivity contribution in [2.45, 2.75) is 96.8 Å². The van der Waals surface area contributed by atoms with Crippen LogP contribution in [0, 0.1) is 11.8 Å². The van der Waals surface area contributed by atoms with Gasteiger partial charge in [0, 0.05) is 21.5 Å². The molecule has 2 saturated carbocycles. The molecule has 0 radical (unpaired) electrons. The number of hydrogen-bond acceptors (Lipinski definition) is 6. The molecule has 0 amide bonds. The summed E-state index contributed by atoms with van der Waals surface area (Å²) in [5.41, 5.74) is 1.21. The first kappa shape index (κ1) is 31.2. The highest BCUT2D eigenvalue weighted by atomic mass is 16.6. The number of carbonyl (C=O) groups is 2. The molecule has 6 nitrogen and oxygen atoms in total. The van der Waals surface area contributed by atoms with E-state index in [0.29, 0.717) is 36.5 Å². The van der Waals surface area contributed by atoms with Crippen LogP contribution in [0.4, 0.5) is 0 Å². The smallest absolute Gasteiger partial charge is 0.344 e. The fourth-order valence-corrected chi connectivity index (χ4v) is 6.67. The maximum atomic E-state index is 12.8. The molecule has 6 heteroatoms. The molecule has 232 valence electrons. The number of esters is 2. The topological polar surface area (TPSA) is 71.1 Å². The van der Waals surface area contributed by atoms with Crippen molar-refractivity contribution in [3.8, 4) is 11.5 Å². The Labute approximate surface area is 256 Å². The van der Waals surface area contributed by atoms with Gasteiger partial charge in [0.2, 0.25) is 0 Å². The molecule has 0 atom stereocenters. The van der Waals surface area contributed by atoms with E-state index in [9.17, 15) is 9.59 Å². The standard InChI is InChI=1S/C37H48O6/c1-2-3-6-13-27-20-21-32-33(22-27)37(43-26-35(39)41-24-29-16-9-5-10-17-29)31-19-12-11-18-30(31)36(32)42-25-34(38)40-23-28-14-7-4-8-15-28/h11-12,18-22,28-29H,2-10,13-17,23-26H2,1H3. The minimum Gasteiger partial charge on any atom is -0.481 e. The molecule has 0 saturated heterocycles. The van der Waals surface area contributed by atoms with E-state index in [0.717, 1.165) is 66.5 Å². The van der Waals surface area contributed by atoms with Gasteiger partial charge in [-0.15, -0.1) is 0 Å². The molecule has 0 spiro atoms. The third-order valence-corrected chi connectivity index (χ3v) is 9.14. The Morgan fingerprint density at radius 2 is 1.16 bits per heavy atom. The molecule has 0 unspecified atom stereocenters. The Morgan fingerprint density at radius 1 is 0.651 bits per heavy atom. The Kier molecular flexibility index (Phi) is 11.6. The summed E-state index contributed by atoms with van der Waals surface area (Å²) in [5.74, 6) is 1.49. The third-order valence-electron chi connectivity index (χ3n) is 9.14. The fourth-order valence-electron chi connectivity index (χ4n) is 6.67. The van der Waals surface area contributed by atoms with Crippen LogP contribution < -0.4 is 9.47 Å². The Hall–Kier alpha value is -3.28. The Morgan fingerprint density at radius 3 is 1.70 bits per heavy atom. The van der Waals surface area contributed by atoms with Gasteiger partial charge in [-0.05, 0) is 62.0 Å². The van der Waals surface area contributed by atoms with Gasteiger partial charge in [-0.3, -0.25) is 0 Å². The number of carbonyl (C=O) groups excluding carboxylic acids is 2. The summed E-state index contributed by atoms with van der Waals surface area (Å²) >= 11 is 0. The minimum atomic E-state index is -0.347. The second-order valence-electron chi connectivity index (χ2n) is 12.5. The molecule has 5 rings (SSSR count). The lowest BCUT2D eigenvalue weighted by Crippen LogP contribution is -2.21. The number of hydrogen-bond donors (Lipinski definition) is 0. The highest BCUT2D eigenvalue weighted by Gasteiger charge is 2.21. The summed E-state index contributed by atoms with van der Waals surface area (Å²) in [6, 6.07) is 14.2. The average molecular weight is 589 g/mol. The maximum absolute atomic E-state index is 12.8. The summed E-state index contributed by atoms with van der Waals surface area (Å²) < 4.78 is 23.8. The van der Waals surface area contributed by atoms with Crippen LogP contribution in [0.1, 0.15) is 96.0 Å². The lowest BCUT2D eigenvalue weighted by atomic mass is 9.90. The van der Waals surface area contributed by atoms with Crippen molar-refractivity contribution in [3.05, 3.63) is 48.0 Å². The Balaban J connectivity index is 1.36. The highest BCUT2D eigenvalue weighted by molar-refractivity contribution is 6.11. The third kappa shape index (κ3) is 8.64. The maximum Gasteiger partial charge on any atom is 0.344 e. The second kappa shape index (κ2) is 16.0. The van der Waals surface area contributed by atoms with Gasteiger partial charge >= 0.3 is 11.9 Å². The van der Waals surface area contributed by atoms with Gasteiger partial charge in [0.15, 0.2) is 13.2 Å². The molecule has 3 aromatic carbocycles. The molecule has 3 aromatic rings. The highest BCUT2D eigenvalue weighted by Crippen LogP contribution is 2.43. The molecule has 0 aromatic heterocycles. The second-order valence-corrected chi connectivity index (χ2v) is 12.5. The van der Waals surface area contributed by atoms with Crippen LogP contribution in [-0.2, 0) is 25.5 Å². The van der Waals surface area contributed by atoms with Crippen LogP contribution in [0.3, 0.4) is 0 Å². The van der Waals surface area contributed by atoms with Crippen LogP contribution in [-0.4, -0.2) is 38.4 Å². The van der Waals surface area contributed by atoms with E-state index >= 15 is 0 Å². The summed E-state index contributed by atoms with van der Waals surface area (Å²) in [6.45, 7) is 2.83. The number of rotatable bonds is 14. The first-order valence-electron chi connectivity index (χ1n) is 16.7. The minimum absolute atomic E-state index is 0.153.